The Morgan fingerprint density at radius 3 is 2.78 bits per heavy atom. The third-order valence-corrected chi connectivity index (χ3v) is 2.22. The van der Waals surface area contributed by atoms with Gasteiger partial charge in [-0.25, -0.2) is 0 Å². The lowest BCUT2D eigenvalue weighted by atomic mass is 10.2. The molecule has 0 aromatic heterocycles. The van der Waals surface area contributed by atoms with Crippen molar-refractivity contribution < 1.29 is 24.3 Å². The Balaban J connectivity index is 2.09. The van der Waals surface area contributed by atoms with Gasteiger partial charge in [0.15, 0.2) is 17.6 Å². The average molecular weight is 256 g/mol. The zero-order valence-corrected chi connectivity index (χ0v) is 8.98. The molecule has 0 amide bonds. The summed E-state index contributed by atoms with van der Waals surface area (Å²) in [5, 5.41) is 19.7. The van der Waals surface area contributed by atoms with Crippen molar-refractivity contribution in [2.45, 2.75) is 6.10 Å². The van der Waals surface area contributed by atoms with Crippen LogP contribution >= 0.6 is 0 Å². The van der Waals surface area contributed by atoms with Crippen LogP contribution in [0.1, 0.15) is 0 Å². The topological polar surface area (TPSA) is 114 Å². The molecule has 0 fully saturated rings. The van der Waals surface area contributed by atoms with Crippen molar-refractivity contribution in [2.24, 2.45) is 0 Å². The summed E-state index contributed by atoms with van der Waals surface area (Å²) in [7, 11) is 0. The van der Waals surface area contributed by atoms with Crippen LogP contribution < -0.4 is 9.47 Å². The van der Waals surface area contributed by atoms with Crippen molar-refractivity contribution in [3.63, 3.8) is 0 Å². The van der Waals surface area contributed by atoms with Gasteiger partial charge in [-0.05, 0) is 6.07 Å². The van der Waals surface area contributed by atoms with Gasteiger partial charge >= 0.3 is 0 Å². The van der Waals surface area contributed by atoms with E-state index in [-0.39, 0.29) is 24.7 Å². The summed E-state index contributed by atoms with van der Waals surface area (Å²) in [5.74, 6) is 0.533. The van der Waals surface area contributed by atoms with Crippen molar-refractivity contribution in [1.82, 2.24) is 0 Å². The van der Waals surface area contributed by atoms with Crippen molar-refractivity contribution in [3.8, 4) is 11.5 Å². The number of hydrogen-bond donors (Lipinski definition) is 0. The fraction of sp³-hybridized carbons (Fsp3) is 0.333. The van der Waals surface area contributed by atoms with E-state index in [9.17, 15) is 20.2 Å². The van der Waals surface area contributed by atoms with Crippen LogP contribution in [0.25, 0.3) is 0 Å². The van der Waals surface area contributed by atoms with Gasteiger partial charge in [0, 0.05) is 6.07 Å². The predicted octanol–water partition coefficient (Wildman–Crippen LogP) is 0.943. The summed E-state index contributed by atoms with van der Waals surface area (Å²) in [4.78, 5) is 24.2. The number of hydrogen-bond acceptors (Lipinski definition) is 7. The highest BCUT2D eigenvalue weighted by Gasteiger charge is 2.24. The number of non-ortho nitro benzene ring substituents is 1. The molecule has 9 heteroatoms. The fourth-order valence-electron chi connectivity index (χ4n) is 1.44. The molecule has 0 saturated heterocycles. The minimum absolute atomic E-state index is 0.0820. The molecule has 9 nitrogen and oxygen atoms in total. The summed E-state index contributed by atoms with van der Waals surface area (Å²) in [6, 6.07) is 3.90. The van der Waals surface area contributed by atoms with Gasteiger partial charge in [0.25, 0.3) is 10.8 Å². The van der Waals surface area contributed by atoms with E-state index >= 15 is 0 Å². The molecular formula is C9H8N2O7. The van der Waals surface area contributed by atoms with E-state index in [1.807, 2.05) is 0 Å². The Morgan fingerprint density at radius 1 is 1.33 bits per heavy atom. The zero-order valence-electron chi connectivity index (χ0n) is 8.98. The molecule has 0 radical (unpaired) electrons. The third kappa shape index (κ3) is 2.56. The van der Waals surface area contributed by atoms with E-state index in [1.54, 1.807) is 0 Å². The Labute approximate surface area is 100 Å². The van der Waals surface area contributed by atoms with Crippen LogP contribution in [0.4, 0.5) is 5.69 Å². The van der Waals surface area contributed by atoms with Crippen LogP contribution in [0.15, 0.2) is 18.2 Å². The molecule has 2 rings (SSSR count). The van der Waals surface area contributed by atoms with E-state index in [0.717, 1.165) is 0 Å². The molecule has 0 spiro atoms. The first-order valence-corrected chi connectivity index (χ1v) is 4.91. The molecule has 0 saturated carbocycles. The summed E-state index contributed by atoms with van der Waals surface area (Å²) >= 11 is 0. The smallest absolute Gasteiger partial charge is 0.294 e. The Hall–Kier alpha value is -2.58. The van der Waals surface area contributed by atoms with Crippen LogP contribution in [0.5, 0.6) is 11.5 Å². The maximum absolute atomic E-state index is 10.6. The minimum Gasteiger partial charge on any atom is -0.486 e. The largest absolute Gasteiger partial charge is 0.486 e. The monoisotopic (exact) mass is 256 g/mol. The molecule has 0 bridgehead atoms. The zero-order chi connectivity index (χ0) is 13.1. The summed E-state index contributed by atoms with van der Waals surface area (Å²) in [6.07, 6.45) is -0.676. The van der Waals surface area contributed by atoms with Crippen LogP contribution in [-0.4, -0.2) is 29.3 Å². The van der Waals surface area contributed by atoms with E-state index in [2.05, 4.69) is 4.84 Å². The predicted molar refractivity (Wildman–Crippen MR) is 56.0 cm³/mol. The van der Waals surface area contributed by atoms with E-state index in [0.29, 0.717) is 5.75 Å². The second-order valence-corrected chi connectivity index (χ2v) is 3.46. The SMILES string of the molecule is O=[N+]([O-])OCC1COc2ccc([N+](=O)[O-])cc2O1. The first-order valence-electron chi connectivity index (χ1n) is 4.91. The maximum atomic E-state index is 10.6. The number of nitro groups is 1. The lowest BCUT2D eigenvalue weighted by molar-refractivity contribution is -0.759. The van der Waals surface area contributed by atoms with E-state index in [1.165, 1.54) is 18.2 Å². The molecule has 0 N–H and O–H groups in total. The van der Waals surface area contributed by atoms with Gasteiger partial charge in [0.2, 0.25) is 0 Å². The molecule has 1 aliphatic rings. The Morgan fingerprint density at radius 2 is 2.11 bits per heavy atom. The number of nitrogens with zero attached hydrogens (tertiary/aromatic N) is 2. The van der Waals surface area contributed by atoms with Crippen LogP contribution in [0.2, 0.25) is 0 Å². The highest BCUT2D eigenvalue weighted by molar-refractivity contribution is 5.49. The molecule has 1 atom stereocenters. The molecule has 1 aromatic rings. The Kier molecular flexibility index (Phi) is 3.13. The first kappa shape index (κ1) is 11.9. The second-order valence-electron chi connectivity index (χ2n) is 3.46. The van der Waals surface area contributed by atoms with E-state index < -0.39 is 16.1 Å². The molecule has 18 heavy (non-hydrogen) atoms. The maximum Gasteiger partial charge on any atom is 0.294 e. The van der Waals surface area contributed by atoms with Gasteiger partial charge in [0.05, 0.1) is 11.0 Å². The number of ether oxygens (including phenoxy) is 2. The normalized spacial score (nSPS) is 17.0. The van der Waals surface area contributed by atoms with Crippen molar-refractivity contribution >= 4 is 5.69 Å². The number of benzene rings is 1. The Bertz CT molecular complexity index is 490. The van der Waals surface area contributed by atoms with Crippen molar-refractivity contribution in [2.75, 3.05) is 13.2 Å². The fourth-order valence-corrected chi connectivity index (χ4v) is 1.44. The standard InChI is InChI=1S/C9H8N2O7/c12-10(13)6-1-2-8-9(3-6)18-7(4-16-8)5-17-11(14)15/h1-3,7H,4-5H2. The summed E-state index contributed by atoms with van der Waals surface area (Å²) < 4.78 is 10.6. The highest BCUT2D eigenvalue weighted by Crippen LogP contribution is 2.34. The second kappa shape index (κ2) is 4.73. The molecule has 0 aliphatic carbocycles. The van der Waals surface area contributed by atoms with Crippen LogP contribution in [0.3, 0.4) is 0 Å². The summed E-state index contributed by atoms with van der Waals surface area (Å²) in [6.45, 7) is -0.215. The van der Waals surface area contributed by atoms with Crippen LogP contribution in [0, 0.1) is 20.2 Å². The van der Waals surface area contributed by atoms with Gasteiger partial charge in [-0.2, -0.15) is 0 Å². The van der Waals surface area contributed by atoms with Gasteiger partial charge in [-0.1, -0.05) is 0 Å². The lowest BCUT2D eigenvalue weighted by Gasteiger charge is -2.25. The van der Waals surface area contributed by atoms with Gasteiger partial charge in [-0.15, -0.1) is 10.1 Å². The quantitative estimate of drug-likeness (QED) is 0.581. The average Bonchev–Trinajstić information content (AvgIpc) is 2.35. The number of fused-ring (bicyclic) bond motifs is 1. The lowest BCUT2D eigenvalue weighted by Crippen LogP contribution is -2.34. The van der Waals surface area contributed by atoms with Crippen molar-refractivity contribution in [3.05, 3.63) is 38.4 Å². The minimum atomic E-state index is -0.938. The van der Waals surface area contributed by atoms with Crippen molar-refractivity contribution in [1.29, 1.82) is 0 Å². The molecule has 1 unspecified atom stereocenters. The third-order valence-electron chi connectivity index (χ3n) is 2.22. The molecular weight excluding hydrogens is 248 g/mol. The van der Waals surface area contributed by atoms with E-state index in [4.69, 9.17) is 9.47 Å². The molecule has 1 aliphatic heterocycles. The number of nitro benzene ring substituents is 1. The number of rotatable bonds is 4. The van der Waals surface area contributed by atoms with Gasteiger partial charge in [0.1, 0.15) is 13.2 Å². The van der Waals surface area contributed by atoms with Gasteiger partial charge in [-0.3, -0.25) is 10.1 Å². The molecule has 96 valence electrons. The molecule has 1 heterocycles. The highest BCUT2D eigenvalue weighted by atomic mass is 17.0. The first-order chi connectivity index (χ1) is 8.56. The molecule has 1 aromatic carbocycles. The van der Waals surface area contributed by atoms with Gasteiger partial charge < -0.3 is 14.3 Å². The van der Waals surface area contributed by atoms with Crippen LogP contribution in [-0.2, 0) is 4.84 Å². The summed E-state index contributed by atoms with van der Waals surface area (Å²) in [5.41, 5.74) is -0.145.